The third kappa shape index (κ3) is 7.36. The van der Waals surface area contributed by atoms with Crippen LogP contribution in [0, 0.1) is 11.6 Å². The van der Waals surface area contributed by atoms with E-state index in [0.29, 0.717) is 11.3 Å². The molecule has 1 aliphatic heterocycles. The highest BCUT2D eigenvalue weighted by Gasteiger charge is 2.63. The van der Waals surface area contributed by atoms with Gasteiger partial charge in [0.1, 0.15) is 44.8 Å². The number of amidine groups is 1. The van der Waals surface area contributed by atoms with Gasteiger partial charge in [0, 0.05) is 24.8 Å². The number of pyridine rings is 1. The summed E-state index contributed by atoms with van der Waals surface area (Å²) in [6.07, 6.45) is -0.567. The molecule has 10 nitrogen and oxygen atoms in total. The first-order valence-electron chi connectivity index (χ1n) is 15.0. The molecule has 2 aromatic carbocycles. The van der Waals surface area contributed by atoms with Crippen molar-refractivity contribution in [2.24, 2.45) is 4.99 Å². The lowest BCUT2D eigenvalue weighted by molar-refractivity contribution is -0.0184. The number of nitrogens with one attached hydrogen (secondary N) is 1. The summed E-state index contributed by atoms with van der Waals surface area (Å²) in [6, 6.07) is 13.6. The standard InChI is InChI=1S/C34H37F2N3O7S/c1-32(2,3)46-31(41)38-30-34(16-25(17-34)45-19-21-6-10-24(44-5)11-7-21)47(42,43)20-33(4,39-30)26-14-22(8-12-27(26)36)15-29(40)28-13-9-23(35)18-37-28/h6-14,18,25H,15-17,19-20H2,1-5H3,(H,38,39,41)/t25?,33-,34?/m0/s1. The van der Waals surface area contributed by atoms with Crippen molar-refractivity contribution in [2.45, 2.75) is 75.6 Å². The van der Waals surface area contributed by atoms with Crippen LogP contribution < -0.4 is 10.1 Å². The van der Waals surface area contributed by atoms with Gasteiger partial charge in [-0.1, -0.05) is 18.2 Å². The zero-order valence-electron chi connectivity index (χ0n) is 26.8. The van der Waals surface area contributed by atoms with Gasteiger partial charge in [-0.05, 0) is 75.2 Å². The zero-order chi connectivity index (χ0) is 34.2. The Hall–Kier alpha value is -4.23. The predicted octanol–water partition coefficient (Wildman–Crippen LogP) is 5.48. The molecule has 1 fully saturated rings. The van der Waals surface area contributed by atoms with E-state index >= 15 is 4.39 Å². The molecular weight excluding hydrogens is 632 g/mol. The van der Waals surface area contributed by atoms with Crippen molar-refractivity contribution < 1.29 is 41.0 Å². The summed E-state index contributed by atoms with van der Waals surface area (Å²) in [5.41, 5.74) is -1.34. The number of sulfone groups is 1. The lowest BCUT2D eigenvalue weighted by Crippen LogP contribution is -2.67. The van der Waals surface area contributed by atoms with Gasteiger partial charge in [0.05, 0.1) is 31.8 Å². The first-order chi connectivity index (χ1) is 22.0. The van der Waals surface area contributed by atoms with Crippen LogP contribution in [0.1, 0.15) is 67.7 Å². The van der Waals surface area contributed by atoms with Crippen LogP contribution in [-0.4, -0.2) is 60.4 Å². The summed E-state index contributed by atoms with van der Waals surface area (Å²) < 4.78 is 72.2. The number of carbonyl (C=O) groups is 2. The van der Waals surface area contributed by atoms with Crippen LogP contribution >= 0.6 is 0 Å². The number of carbonyl (C=O) groups excluding carboxylic acids is 2. The molecule has 0 unspecified atom stereocenters. The maximum atomic E-state index is 15.5. The third-order valence-corrected chi connectivity index (χ3v) is 10.9. The Labute approximate surface area is 272 Å². The summed E-state index contributed by atoms with van der Waals surface area (Å²) in [5, 5.41) is 2.57. The van der Waals surface area contributed by atoms with E-state index in [9.17, 15) is 22.4 Å². The van der Waals surface area contributed by atoms with Crippen LogP contribution in [0.5, 0.6) is 5.75 Å². The van der Waals surface area contributed by atoms with E-state index in [1.807, 2.05) is 12.1 Å². The number of amides is 1. The number of ether oxygens (including phenoxy) is 3. The molecule has 2 aliphatic rings. The molecule has 13 heteroatoms. The van der Waals surface area contributed by atoms with E-state index < -0.39 is 61.1 Å². The van der Waals surface area contributed by atoms with Crippen LogP contribution in [0.15, 0.2) is 65.8 Å². The minimum atomic E-state index is -4.08. The number of hydrogen-bond donors (Lipinski definition) is 1. The molecule has 0 bridgehead atoms. The Balaban J connectivity index is 1.44. The molecule has 1 spiro atoms. The van der Waals surface area contributed by atoms with Crippen LogP contribution in [0.4, 0.5) is 13.6 Å². The SMILES string of the molecule is COc1ccc(COC2CC3(C2)C(NC(=O)OC(C)(C)C)=N[C@](C)(c2cc(CC(=O)c4ccc(F)cn4)ccc2F)CS3(=O)=O)cc1. The van der Waals surface area contributed by atoms with Crippen LogP contribution in [0.25, 0.3) is 0 Å². The molecule has 1 amide bonds. The van der Waals surface area contributed by atoms with Gasteiger partial charge in [0.15, 0.2) is 15.6 Å². The minimum absolute atomic E-state index is 0.0257. The summed E-state index contributed by atoms with van der Waals surface area (Å²) in [5.74, 6) is -1.77. The summed E-state index contributed by atoms with van der Waals surface area (Å²) in [6.45, 7) is 6.71. The lowest BCUT2D eigenvalue weighted by atomic mass is 9.79. The molecule has 250 valence electrons. The average Bonchev–Trinajstić information content (AvgIpc) is 2.96. The van der Waals surface area contributed by atoms with E-state index in [0.717, 1.165) is 23.9 Å². The van der Waals surface area contributed by atoms with Gasteiger partial charge in [-0.25, -0.2) is 22.0 Å². The van der Waals surface area contributed by atoms with Gasteiger partial charge in [0.25, 0.3) is 0 Å². The van der Waals surface area contributed by atoms with Gasteiger partial charge in [-0.2, -0.15) is 0 Å². The number of halogens is 2. The number of hydrogen-bond acceptors (Lipinski definition) is 9. The molecule has 1 atom stereocenters. The number of aromatic nitrogens is 1. The molecule has 0 radical (unpaired) electrons. The molecule has 47 heavy (non-hydrogen) atoms. The second-order valence-electron chi connectivity index (χ2n) is 13.1. The number of methoxy groups -OCH3 is 1. The van der Waals surface area contributed by atoms with Crippen molar-refractivity contribution in [3.63, 3.8) is 0 Å². The normalized spacial score (nSPS) is 23.4. The fourth-order valence-corrected chi connectivity index (χ4v) is 8.31. The lowest BCUT2D eigenvalue weighted by Gasteiger charge is -2.51. The van der Waals surface area contributed by atoms with Crippen molar-refractivity contribution in [3.05, 3.63) is 94.8 Å². The van der Waals surface area contributed by atoms with Gasteiger partial charge >= 0.3 is 6.09 Å². The topological polar surface area (TPSA) is 133 Å². The molecule has 2 heterocycles. The first kappa shape index (κ1) is 34.1. The number of alkyl carbamates (subject to hydrolysis) is 1. The second-order valence-corrected chi connectivity index (χ2v) is 15.4. The quantitative estimate of drug-likeness (QED) is 0.312. The molecule has 1 aliphatic carbocycles. The van der Waals surface area contributed by atoms with E-state index in [2.05, 4.69) is 10.3 Å². The van der Waals surface area contributed by atoms with Crippen LogP contribution in [0.2, 0.25) is 0 Å². The molecule has 0 saturated heterocycles. The highest BCUT2D eigenvalue weighted by Crippen LogP contribution is 2.49. The van der Waals surface area contributed by atoms with Gasteiger partial charge < -0.3 is 14.2 Å². The highest BCUT2D eigenvalue weighted by molar-refractivity contribution is 7.93. The number of Topliss-reactive ketones (excluding diaryl/α,β-unsaturated/α-hetero) is 1. The van der Waals surface area contributed by atoms with Gasteiger partial charge in [-0.3, -0.25) is 20.1 Å². The van der Waals surface area contributed by atoms with E-state index in [1.54, 1.807) is 40.0 Å². The van der Waals surface area contributed by atoms with Crippen molar-refractivity contribution in [1.29, 1.82) is 0 Å². The number of ketones is 1. The monoisotopic (exact) mass is 669 g/mol. The Bertz CT molecular complexity index is 1800. The maximum Gasteiger partial charge on any atom is 0.413 e. The molecule has 1 aromatic heterocycles. The first-order valence-corrected chi connectivity index (χ1v) is 16.7. The minimum Gasteiger partial charge on any atom is -0.497 e. The van der Waals surface area contributed by atoms with Crippen molar-refractivity contribution in [1.82, 2.24) is 10.3 Å². The Morgan fingerprint density at radius 1 is 1.02 bits per heavy atom. The van der Waals surface area contributed by atoms with E-state index in [4.69, 9.17) is 19.2 Å². The second kappa shape index (κ2) is 12.8. The van der Waals surface area contributed by atoms with Crippen molar-refractivity contribution in [3.8, 4) is 5.75 Å². The Morgan fingerprint density at radius 2 is 1.70 bits per heavy atom. The fourth-order valence-electron chi connectivity index (χ4n) is 5.81. The smallest absolute Gasteiger partial charge is 0.413 e. The molecule has 1 saturated carbocycles. The number of benzene rings is 2. The molecule has 1 N–H and O–H groups in total. The Kier molecular flexibility index (Phi) is 9.26. The largest absolute Gasteiger partial charge is 0.497 e. The number of aliphatic imine (C=N–C) groups is 1. The summed E-state index contributed by atoms with van der Waals surface area (Å²) in [4.78, 5) is 34.3. The van der Waals surface area contributed by atoms with Crippen LogP contribution in [-0.2, 0) is 37.9 Å². The molecule has 5 rings (SSSR count). The molecular formula is C34H37F2N3O7S. The van der Waals surface area contributed by atoms with E-state index in [-0.39, 0.29) is 43.0 Å². The highest BCUT2D eigenvalue weighted by atomic mass is 32.2. The summed E-state index contributed by atoms with van der Waals surface area (Å²) >= 11 is 0. The maximum absolute atomic E-state index is 15.5. The van der Waals surface area contributed by atoms with Crippen LogP contribution in [0.3, 0.4) is 0 Å². The third-order valence-electron chi connectivity index (χ3n) is 8.22. The average molecular weight is 670 g/mol. The van der Waals surface area contributed by atoms with Gasteiger partial charge in [-0.15, -0.1) is 0 Å². The Morgan fingerprint density at radius 3 is 2.32 bits per heavy atom. The molecule has 3 aromatic rings. The van der Waals surface area contributed by atoms with E-state index in [1.165, 1.54) is 25.1 Å². The fraction of sp³-hybridized carbons (Fsp3) is 0.412. The van der Waals surface area contributed by atoms with Gasteiger partial charge in [0.2, 0.25) is 0 Å². The van der Waals surface area contributed by atoms with Crippen molar-refractivity contribution in [2.75, 3.05) is 12.9 Å². The van der Waals surface area contributed by atoms with Crippen molar-refractivity contribution >= 4 is 27.5 Å². The zero-order valence-corrected chi connectivity index (χ0v) is 27.6. The number of nitrogens with zero attached hydrogens (tertiary/aromatic N) is 2. The predicted molar refractivity (Wildman–Crippen MR) is 170 cm³/mol. The number of rotatable bonds is 8. The summed E-state index contributed by atoms with van der Waals surface area (Å²) in [7, 11) is -2.51.